The first kappa shape index (κ1) is 21.6. The van der Waals surface area contributed by atoms with Gasteiger partial charge in [0.25, 0.3) is 0 Å². The van der Waals surface area contributed by atoms with E-state index in [1.165, 1.54) is 12.1 Å². The molecule has 3 rings (SSSR count). The molecule has 6 heteroatoms. The van der Waals surface area contributed by atoms with Gasteiger partial charge in [-0.1, -0.05) is 6.07 Å². The maximum atomic E-state index is 13.7. The first-order chi connectivity index (χ1) is 14.0. The van der Waals surface area contributed by atoms with E-state index in [2.05, 4.69) is 10.6 Å². The number of halogens is 1. The Morgan fingerprint density at radius 3 is 2.17 bits per heavy atom. The van der Waals surface area contributed by atoms with Crippen molar-refractivity contribution in [3.8, 4) is 5.69 Å². The van der Waals surface area contributed by atoms with Crippen molar-refractivity contribution in [3.05, 3.63) is 81.0 Å². The van der Waals surface area contributed by atoms with Crippen LogP contribution in [0.2, 0.25) is 0 Å². The number of aryl methyl sites for hydroxylation is 3. The zero-order valence-electron chi connectivity index (χ0n) is 18.2. The summed E-state index contributed by atoms with van der Waals surface area (Å²) in [6.45, 7) is 8.92. The average Bonchev–Trinajstić information content (AvgIpc) is 2.66. The lowest BCUT2D eigenvalue weighted by atomic mass is 9.97. The maximum Gasteiger partial charge on any atom is 0.207 e. The summed E-state index contributed by atoms with van der Waals surface area (Å²) >= 11 is 0. The smallest absolute Gasteiger partial charge is 0.207 e. The Hall–Kier alpha value is -3.12. The molecule has 3 N–H and O–H groups in total. The number of nitrogens with one attached hydrogen (secondary N) is 2. The molecule has 2 aromatic carbocycles. The number of benzene rings is 2. The van der Waals surface area contributed by atoms with Crippen LogP contribution in [0.1, 0.15) is 36.1 Å². The normalized spacial score (nSPS) is 11.5. The zero-order valence-corrected chi connectivity index (χ0v) is 18.2. The molecule has 1 aromatic heterocycles. The molecule has 5 nitrogen and oxygen atoms in total. The Kier molecular flexibility index (Phi) is 5.72. The van der Waals surface area contributed by atoms with Crippen LogP contribution >= 0.6 is 0 Å². The Labute approximate surface area is 176 Å². The van der Waals surface area contributed by atoms with Crippen LogP contribution in [0.3, 0.4) is 0 Å². The summed E-state index contributed by atoms with van der Waals surface area (Å²) in [7, 11) is 1.71. The van der Waals surface area contributed by atoms with Crippen LogP contribution < -0.4 is 16.1 Å². The third kappa shape index (κ3) is 4.24. The highest BCUT2D eigenvalue weighted by Gasteiger charge is 2.19. The van der Waals surface area contributed by atoms with Gasteiger partial charge in [-0.3, -0.25) is 4.79 Å². The Morgan fingerprint density at radius 2 is 1.60 bits per heavy atom. The van der Waals surface area contributed by atoms with Gasteiger partial charge in [0.1, 0.15) is 5.82 Å². The van der Waals surface area contributed by atoms with Crippen molar-refractivity contribution in [2.75, 3.05) is 17.7 Å². The summed E-state index contributed by atoms with van der Waals surface area (Å²) in [6, 6.07) is 8.61. The van der Waals surface area contributed by atoms with Crippen molar-refractivity contribution in [3.63, 3.8) is 0 Å². The van der Waals surface area contributed by atoms with E-state index in [0.717, 1.165) is 33.8 Å². The van der Waals surface area contributed by atoms with Crippen molar-refractivity contribution in [1.82, 2.24) is 4.57 Å². The highest BCUT2D eigenvalue weighted by molar-refractivity contribution is 5.74. The molecule has 0 atom stereocenters. The largest absolute Gasteiger partial charge is 0.386 e. The average molecular weight is 410 g/mol. The van der Waals surface area contributed by atoms with Crippen molar-refractivity contribution >= 4 is 17.1 Å². The lowest BCUT2D eigenvalue weighted by Crippen LogP contribution is -2.18. The molecule has 0 aliphatic carbocycles. The third-order valence-electron chi connectivity index (χ3n) is 5.21. The molecule has 0 radical (unpaired) electrons. The highest BCUT2D eigenvalue weighted by Crippen LogP contribution is 2.32. The molecule has 30 heavy (non-hydrogen) atoms. The summed E-state index contributed by atoms with van der Waals surface area (Å²) in [5.74, 6) is -0.275. The lowest BCUT2D eigenvalue weighted by molar-refractivity contribution is 0.0786. The Morgan fingerprint density at radius 1 is 0.967 bits per heavy atom. The minimum atomic E-state index is -1.03. The first-order valence-corrected chi connectivity index (χ1v) is 9.83. The van der Waals surface area contributed by atoms with Gasteiger partial charge in [-0.15, -0.1) is 0 Å². The number of aromatic nitrogens is 1. The SMILES string of the molecule is CNc1cn(-c2cc(C(C)(C)O)ccc2Nc2c(C)cc(F)cc2C)cc(C)c1=O. The van der Waals surface area contributed by atoms with Gasteiger partial charge in [0.05, 0.1) is 22.7 Å². The number of hydrogen-bond donors (Lipinski definition) is 3. The molecule has 0 spiro atoms. The molecule has 0 fully saturated rings. The standard InChI is InChI=1S/C24H28FN3O2/c1-14-9-18(25)10-15(2)22(14)27-19-8-7-17(24(4,5)30)11-21(19)28-12-16(3)23(29)20(13-28)26-6/h7-13,26-27,30H,1-6H3. The van der Waals surface area contributed by atoms with Crippen LogP contribution in [0.15, 0.2) is 47.5 Å². The summed E-state index contributed by atoms with van der Waals surface area (Å²) < 4.78 is 15.6. The second-order valence-electron chi connectivity index (χ2n) is 8.17. The number of nitrogens with zero attached hydrogens (tertiary/aromatic N) is 1. The molecule has 3 aromatic rings. The monoisotopic (exact) mass is 409 g/mol. The van der Waals surface area contributed by atoms with Crippen LogP contribution in [0.5, 0.6) is 0 Å². The fourth-order valence-corrected chi connectivity index (χ4v) is 3.51. The molecular weight excluding hydrogens is 381 g/mol. The number of rotatable bonds is 5. The van der Waals surface area contributed by atoms with E-state index in [9.17, 15) is 14.3 Å². The molecule has 0 aliphatic heterocycles. The summed E-state index contributed by atoms with van der Waals surface area (Å²) in [5.41, 5.74) is 4.64. The van der Waals surface area contributed by atoms with Gasteiger partial charge in [-0.05, 0) is 75.6 Å². The predicted molar refractivity (Wildman–Crippen MR) is 121 cm³/mol. The zero-order chi connectivity index (χ0) is 22.2. The van der Waals surface area contributed by atoms with E-state index >= 15 is 0 Å². The minimum absolute atomic E-state index is 0.0628. The van der Waals surface area contributed by atoms with Crippen molar-refractivity contribution in [2.24, 2.45) is 0 Å². The van der Waals surface area contributed by atoms with Gasteiger partial charge in [0.15, 0.2) is 0 Å². The lowest BCUT2D eigenvalue weighted by Gasteiger charge is -2.23. The number of pyridine rings is 1. The van der Waals surface area contributed by atoms with Crippen molar-refractivity contribution < 1.29 is 9.50 Å². The maximum absolute atomic E-state index is 13.7. The molecule has 0 aliphatic rings. The fraction of sp³-hybridized carbons (Fsp3) is 0.292. The fourth-order valence-electron chi connectivity index (χ4n) is 3.51. The third-order valence-corrected chi connectivity index (χ3v) is 5.21. The molecule has 158 valence electrons. The summed E-state index contributed by atoms with van der Waals surface area (Å²) in [4.78, 5) is 12.3. The van der Waals surface area contributed by atoms with Crippen LogP contribution in [0.25, 0.3) is 5.69 Å². The number of aliphatic hydroxyl groups is 1. The summed E-state index contributed by atoms with van der Waals surface area (Å²) in [5, 5.41) is 16.9. The molecule has 0 saturated heterocycles. The molecule has 1 heterocycles. The van der Waals surface area contributed by atoms with Gasteiger partial charge in [0.2, 0.25) is 5.43 Å². The highest BCUT2D eigenvalue weighted by atomic mass is 19.1. The van der Waals surface area contributed by atoms with Crippen LogP contribution in [0, 0.1) is 26.6 Å². The first-order valence-electron chi connectivity index (χ1n) is 9.83. The molecule has 0 unspecified atom stereocenters. The number of hydrogen-bond acceptors (Lipinski definition) is 4. The van der Waals surface area contributed by atoms with Crippen molar-refractivity contribution in [2.45, 2.75) is 40.2 Å². The van der Waals surface area contributed by atoms with Crippen LogP contribution in [-0.4, -0.2) is 16.7 Å². The van der Waals surface area contributed by atoms with Gasteiger partial charge >= 0.3 is 0 Å². The Bertz CT molecular complexity index is 1140. The minimum Gasteiger partial charge on any atom is -0.386 e. The van der Waals surface area contributed by atoms with E-state index in [4.69, 9.17) is 0 Å². The van der Waals surface area contributed by atoms with Crippen molar-refractivity contribution in [1.29, 1.82) is 0 Å². The van der Waals surface area contributed by atoms with Gasteiger partial charge < -0.3 is 20.3 Å². The molecule has 0 bridgehead atoms. The van der Waals surface area contributed by atoms with E-state index in [1.54, 1.807) is 40.2 Å². The van der Waals surface area contributed by atoms with E-state index in [1.807, 2.05) is 36.6 Å². The van der Waals surface area contributed by atoms with Crippen LogP contribution in [-0.2, 0) is 5.60 Å². The quantitative estimate of drug-likeness (QED) is 0.560. The molecular formula is C24H28FN3O2. The Balaban J connectivity index is 2.23. The molecule has 0 saturated carbocycles. The van der Waals surface area contributed by atoms with E-state index < -0.39 is 5.60 Å². The topological polar surface area (TPSA) is 66.3 Å². The second-order valence-corrected chi connectivity index (χ2v) is 8.17. The van der Waals surface area contributed by atoms with Gasteiger partial charge in [-0.2, -0.15) is 0 Å². The van der Waals surface area contributed by atoms with E-state index in [0.29, 0.717) is 11.3 Å². The predicted octanol–water partition coefficient (Wildman–Crippen LogP) is 4.91. The second kappa shape index (κ2) is 7.95. The van der Waals surface area contributed by atoms with Gasteiger partial charge in [-0.25, -0.2) is 4.39 Å². The number of anilines is 3. The van der Waals surface area contributed by atoms with Crippen LogP contribution in [0.4, 0.5) is 21.5 Å². The van der Waals surface area contributed by atoms with E-state index in [-0.39, 0.29) is 11.2 Å². The summed E-state index contributed by atoms with van der Waals surface area (Å²) in [6.07, 6.45) is 3.50. The van der Waals surface area contributed by atoms with Gasteiger partial charge in [0, 0.05) is 30.7 Å². The molecule has 0 amide bonds.